The summed E-state index contributed by atoms with van der Waals surface area (Å²) in [7, 11) is 0. The van der Waals surface area contributed by atoms with E-state index in [1.807, 2.05) is 4.90 Å². The number of nitrogens with one attached hydrogen (secondary N) is 1. The zero-order valence-corrected chi connectivity index (χ0v) is 12.7. The lowest BCUT2D eigenvalue weighted by Gasteiger charge is -2.35. The highest BCUT2D eigenvalue weighted by atomic mass is 16.2. The van der Waals surface area contributed by atoms with Gasteiger partial charge in [-0.1, -0.05) is 26.7 Å². The van der Waals surface area contributed by atoms with E-state index >= 15 is 0 Å². The third-order valence-corrected chi connectivity index (χ3v) is 4.90. The van der Waals surface area contributed by atoms with Gasteiger partial charge in [0.05, 0.1) is 6.54 Å². The molecule has 0 radical (unpaired) electrons. The van der Waals surface area contributed by atoms with Crippen molar-refractivity contribution in [1.82, 2.24) is 10.2 Å². The minimum absolute atomic E-state index is 0.313. The van der Waals surface area contributed by atoms with E-state index in [1.54, 1.807) is 0 Å². The number of likely N-dealkylation sites (tertiary alicyclic amines) is 1. The van der Waals surface area contributed by atoms with Crippen molar-refractivity contribution in [2.75, 3.05) is 19.6 Å². The summed E-state index contributed by atoms with van der Waals surface area (Å²) in [4.78, 5) is 14.2. The molecule has 2 unspecified atom stereocenters. The molecule has 3 heteroatoms. The lowest BCUT2D eigenvalue weighted by Crippen LogP contribution is -2.47. The number of carbonyl (C=O) groups is 1. The van der Waals surface area contributed by atoms with Gasteiger partial charge in [0, 0.05) is 19.1 Å². The first kappa shape index (κ1) is 14.8. The summed E-state index contributed by atoms with van der Waals surface area (Å²) >= 11 is 0. The zero-order valence-electron chi connectivity index (χ0n) is 12.7. The Labute approximate surface area is 118 Å². The van der Waals surface area contributed by atoms with Gasteiger partial charge in [0.1, 0.15) is 0 Å². The fourth-order valence-corrected chi connectivity index (χ4v) is 3.68. The summed E-state index contributed by atoms with van der Waals surface area (Å²) in [6, 6.07) is 0.558. The second-order valence-corrected chi connectivity index (χ2v) is 6.62. The number of rotatable bonds is 4. The van der Waals surface area contributed by atoms with Gasteiger partial charge in [-0.2, -0.15) is 0 Å². The molecule has 2 fully saturated rings. The first-order valence-corrected chi connectivity index (χ1v) is 8.19. The minimum atomic E-state index is 0.313. The summed E-state index contributed by atoms with van der Waals surface area (Å²) in [5, 5.41) is 3.56. The van der Waals surface area contributed by atoms with E-state index in [0.717, 1.165) is 24.9 Å². The Hall–Kier alpha value is -0.570. The van der Waals surface area contributed by atoms with Crippen LogP contribution in [0.2, 0.25) is 0 Å². The smallest absolute Gasteiger partial charge is 0.236 e. The quantitative estimate of drug-likeness (QED) is 0.848. The van der Waals surface area contributed by atoms with Crippen LogP contribution in [0.1, 0.15) is 58.8 Å². The van der Waals surface area contributed by atoms with E-state index in [-0.39, 0.29) is 0 Å². The Kier molecular flexibility index (Phi) is 5.68. The van der Waals surface area contributed by atoms with Crippen LogP contribution in [0.15, 0.2) is 0 Å². The first-order chi connectivity index (χ1) is 9.18. The highest BCUT2D eigenvalue weighted by molar-refractivity contribution is 5.78. The fraction of sp³-hybridized carbons (Fsp3) is 0.938. The van der Waals surface area contributed by atoms with Crippen LogP contribution in [-0.4, -0.2) is 36.5 Å². The monoisotopic (exact) mass is 266 g/mol. The number of nitrogens with zero attached hydrogens (tertiary/aromatic N) is 1. The third-order valence-electron chi connectivity index (χ3n) is 4.90. The molecule has 0 spiro atoms. The SMILES string of the molecule is CC(C)C1CCCCC1NCC(=O)N1CCCCC1. The maximum absolute atomic E-state index is 12.2. The average molecular weight is 266 g/mol. The van der Waals surface area contributed by atoms with Gasteiger partial charge in [-0.15, -0.1) is 0 Å². The van der Waals surface area contributed by atoms with Gasteiger partial charge in [-0.3, -0.25) is 4.79 Å². The summed E-state index contributed by atoms with van der Waals surface area (Å²) in [5.74, 6) is 1.79. The van der Waals surface area contributed by atoms with Crippen molar-refractivity contribution in [1.29, 1.82) is 0 Å². The summed E-state index contributed by atoms with van der Waals surface area (Å²) in [6.45, 7) is 7.12. The Balaban J connectivity index is 1.77. The summed E-state index contributed by atoms with van der Waals surface area (Å²) < 4.78 is 0. The maximum atomic E-state index is 12.2. The van der Waals surface area contributed by atoms with E-state index in [0.29, 0.717) is 18.5 Å². The predicted molar refractivity (Wildman–Crippen MR) is 79.0 cm³/mol. The molecule has 1 N–H and O–H groups in total. The minimum Gasteiger partial charge on any atom is -0.342 e. The molecule has 1 aliphatic heterocycles. The van der Waals surface area contributed by atoms with Gasteiger partial charge in [0.15, 0.2) is 0 Å². The maximum Gasteiger partial charge on any atom is 0.236 e. The van der Waals surface area contributed by atoms with Crippen LogP contribution >= 0.6 is 0 Å². The molecule has 1 saturated carbocycles. The normalized spacial score (nSPS) is 28.7. The van der Waals surface area contributed by atoms with Crippen LogP contribution in [0, 0.1) is 11.8 Å². The van der Waals surface area contributed by atoms with Gasteiger partial charge < -0.3 is 10.2 Å². The molecule has 2 rings (SSSR count). The second kappa shape index (κ2) is 7.28. The molecule has 0 aromatic heterocycles. The highest BCUT2D eigenvalue weighted by Crippen LogP contribution is 2.30. The molecule has 0 aromatic rings. The lowest BCUT2D eigenvalue weighted by molar-refractivity contribution is -0.131. The topological polar surface area (TPSA) is 32.3 Å². The van der Waals surface area contributed by atoms with Crippen molar-refractivity contribution in [2.45, 2.75) is 64.8 Å². The number of piperidine rings is 1. The van der Waals surface area contributed by atoms with E-state index in [9.17, 15) is 4.79 Å². The van der Waals surface area contributed by atoms with Crippen LogP contribution in [-0.2, 0) is 4.79 Å². The van der Waals surface area contributed by atoms with Crippen LogP contribution in [0.25, 0.3) is 0 Å². The van der Waals surface area contributed by atoms with Gasteiger partial charge in [-0.25, -0.2) is 0 Å². The summed E-state index contributed by atoms with van der Waals surface area (Å²) in [5.41, 5.74) is 0. The van der Waals surface area contributed by atoms with Crippen LogP contribution in [0.3, 0.4) is 0 Å². The first-order valence-electron chi connectivity index (χ1n) is 8.19. The van der Waals surface area contributed by atoms with E-state index in [2.05, 4.69) is 19.2 Å². The van der Waals surface area contributed by atoms with Crippen LogP contribution in [0.4, 0.5) is 0 Å². The molecule has 3 nitrogen and oxygen atoms in total. The molecule has 1 aliphatic carbocycles. The predicted octanol–water partition coefficient (Wildman–Crippen LogP) is 2.80. The summed E-state index contributed by atoms with van der Waals surface area (Å²) in [6.07, 6.45) is 8.91. The van der Waals surface area contributed by atoms with Crippen molar-refractivity contribution >= 4 is 5.91 Å². The second-order valence-electron chi connectivity index (χ2n) is 6.62. The van der Waals surface area contributed by atoms with Gasteiger partial charge >= 0.3 is 0 Å². The molecule has 19 heavy (non-hydrogen) atoms. The number of carbonyl (C=O) groups excluding carboxylic acids is 1. The number of hydrogen-bond donors (Lipinski definition) is 1. The van der Waals surface area contributed by atoms with Gasteiger partial charge in [0.2, 0.25) is 5.91 Å². The standard InChI is InChI=1S/C16H30N2O/c1-13(2)14-8-4-5-9-15(14)17-12-16(19)18-10-6-3-7-11-18/h13-15,17H,3-12H2,1-2H3. The molecule has 2 aliphatic rings. The van der Waals surface area contributed by atoms with Gasteiger partial charge in [-0.05, 0) is 43.9 Å². The largest absolute Gasteiger partial charge is 0.342 e. The highest BCUT2D eigenvalue weighted by Gasteiger charge is 2.28. The van der Waals surface area contributed by atoms with E-state index < -0.39 is 0 Å². The fourth-order valence-electron chi connectivity index (χ4n) is 3.68. The molecule has 110 valence electrons. The van der Waals surface area contributed by atoms with Crippen molar-refractivity contribution < 1.29 is 4.79 Å². The zero-order chi connectivity index (χ0) is 13.7. The van der Waals surface area contributed by atoms with Crippen molar-refractivity contribution in [2.24, 2.45) is 11.8 Å². The Morgan fingerprint density at radius 3 is 2.47 bits per heavy atom. The average Bonchev–Trinajstić information content (AvgIpc) is 2.46. The van der Waals surface area contributed by atoms with Crippen LogP contribution < -0.4 is 5.32 Å². The number of hydrogen-bond acceptors (Lipinski definition) is 2. The number of amides is 1. The Bertz CT molecular complexity index is 284. The van der Waals surface area contributed by atoms with Crippen molar-refractivity contribution in [3.8, 4) is 0 Å². The van der Waals surface area contributed by atoms with Gasteiger partial charge in [0.25, 0.3) is 0 Å². The molecule has 2 atom stereocenters. The van der Waals surface area contributed by atoms with Crippen LogP contribution in [0.5, 0.6) is 0 Å². The Morgan fingerprint density at radius 2 is 1.79 bits per heavy atom. The molecule has 1 amide bonds. The van der Waals surface area contributed by atoms with Crippen molar-refractivity contribution in [3.05, 3.63) is 0 Å². The van der Waals surface area contributed by atoms with E-state index in [1.165, 1.54) is 44.9 Å². The van der Waals surface area contributed by atoms with Crippen molar-refractivity contribution in [3.63, 3.8) is 0 Å². The molecular formula is C16H30N2O. The molecule has 1 saturated heterocycles. The van der Waals surface area contributed by atoms with E-state index in [4.69, 9.17) is 0 Å². The lowest BCUT2D eigenvalue weighted by atomic mass is 9.78. The molecule has 0 bridgehead atoms. The molecule has 0 aromatic carbocycles. The molecule has 1 heterocycles. The molecular weight excluding hydrogens is 236 g/mol. The Morgan fingerprint density at radius 1 is 1.11 bits per heavy atom. The third kappa shape index (κ3) is 4.20.